The highest BCUT2D eigenvalue weighted by Crippen LogP contribution is 2.40. The van der Waals surface area contributed by atoms with Gasteiger partial charge in [-0.3, -0.25) is 9.88 Å². The Morgan fingerprint density at radius 2 is 1.86 bits per heavy atom. The molecule has 3 rings (SSSR count). The van der Waals surface area contributed by atoms with Crippen LogP contribution < -0.4 is 14.2 Å². The maximum Gasteiger partial charge on any atom is 0.203 e. The van der Waals surface area contributed by atoms with Crippen molar-refractivity contribution in [3.05, 3.63) is 47.3 Å². The number of methoxy groups -OCH3 is 3. The van der Waals surface area contributed by atoms with Crippen LogP contribution in [0, 0.1) is 6.92 Å². The molecule has 1 aliphatic heterocycles. The molecule has 28 heavy (non-hydrogen) atoms. The van der Waals surface area contributed by atoms with Crippen molar-refractivity contribution in [3.8, 4) is 17.2 Å². The molecule has 0 aliphatic carbocycles. The number of nitrogens with zero attached hydrogens (tertiary/aromatic N) is 2. The molecule has 6 heteroatoms. The Balaban J connectivity index is 1.85. The highest BCUT2D eigenvalue weighted by molar-refractivity contribution is 5.55. The molecule has 0 bridgehead atoms. The maximum atomic E-state index is 5.88. The van der Waals surface area contributed by atoms with Gasteiger partial charge in [-0.15, -0.1) is 0 Å². The van der Waals surface area contributed by atoms with Gasteiger partial charge < -0.3 is 18.9 Å². The minimum atomic E-state index is 0.260. The number of hydrogen-bond acceptors (Lipinski definition) is 6. The summed E-state index contributed by atoms with van der Waals surface area (Å²) in [7, 11) is 4.92. The summed E-state index contributed by atoms with van der Waals surface area (Å²) in [6.07, 6.45) is 2.48. The average molecular weight is 386 g/mol. The van der Waals surface area contributed by atoms with Crippen molar-refractivity contribution in [1.82, 2.24) is 9.88 Å². The Morgan fingerprint density at radius 3 is 2.50 bits per heavy atom. The van der Waals surface area contributed by atoms with E-state index in [1.807, 2.05) is 25.1 Å². The Labute approximate surface area is 167 Å². The van der Waals surface area contributed by atoms with E-state index >= 15 is 0 Å². The summed E-state index contributed by atoms with van der Waals surface area (Å²) < 4.78 is 22.5. The molecule has 0 amide bonds. The third-order valence-electron chi connectivity index (χ3n) is 5.00. The monoisotopic (exact) mass is 386 g/mol. The predicted molar refractivity (Wildman–Crippen MR) is 108 cm³/mol. The summed E-state index contributed by atoms with van der Waals surface area (Å²) in [5.41, 5.74) is 3.13. The van der Waals surface area contributed by atoms with Crippen molar-refractivity contribution in [2.75, 3.05) is 34.5 Å². The zero-order chi connectivity index (χ0) is 19.9. The molecule has 2 aromatic rings. The molecule has 1 fully saturated rings. The van der Waals surface area contributed by atoms with Gasteiger partial charge in [0.15, 0.2) is 11.5 Å². The second-order valence-electron chi connectivity index (χ2n) is 7.07. The van der Waals surface area contributed by atoms with Crippen molar-refractivity contribution in [1.29, 1.82) is 0 Å². The number of rotatable bonds is 9. The molecule has 6 nitrogen and oxygen atoms in total. The lowest BCUT2D eigenvalue weighted by Crippen LogP contribution is -2.32. The first-order chi connectivity index (χ1) is 13.6. The highest BCUT2D eigenvalue weighted by Gasteiger charge is 2.23. The van der Waals surface area contributed by atoms with E-state index in [2.05, 4.69) is 22.0 Å². The van der Waals surface area contributed by atoms with E-state index in [0.717, 1.165) is 49.5 Å². The van der Waals surface area contributed by atoms with Crippen LogP contribution in [0.15, 0.2) is 30.3 Å². The van der Waals surface area contributed by atoms with Crippen LogP contribution >= 0.6 is 0 Å². The van der Waals surface area contributed by atoms with Crippen LogP contribution in [-0.4, -0.2) is 50.5 Å². The average Bonchev–Trinajstić information content (AvgIpc) is 3.20. The first-order valence-electron chi connectivity index (χ1n) is 9.69. The van der Waals surface area contributed by atoms with Crippen molar-refractivity contribution in [2.45, 2.75) is 39.0 Å². The lowest BCUT2D eigenvalue weighted by atomic mass is 10.1. The number of aromatic nitrogens is 1. The number of ether oxygens (including phenoxy) is 4. The second-order valence-corrected chi connectivity index (χ2v) is 7.07. The molecule has 2 heterocycles. The summed E-state index contributed by atoms with van der Waals surface area (Å²) in [6.45, 7) is 5.18. The zero-order valence-corrected chi connectivity index (χ0v) is 17.2. The third-order valence-corrected chi connectivity index (χ3v) is 5.00. The number of benzene rings is 1. The molecule has 1 aliphatic rings. The molecule has 152 valence electrons. The van der Waals surface area contributed by atoms with Gasteiger partial charge >= 0.3 is 0 Å². The highest BCUT2D eigenvalue weighted by atomic mass is 16.5. The van der Waals surface area contributed by atoms with Crippen molar-refractivity contribution < 1.29 is 18.9 Å². The smallest absolute Gasteiger partial charge is 0.203 e. The maximum absolute atomic E-state index is 5.88. The van der Waals surface area contributed by atoms with Gasteiger partial charge in [0.05, 0.1) is 33.1 Å². The molecular weight excluding hydrogens is 356 g/mol. The van der Waals surface area contributed by atoms with Gasteiger partial charge in [0.25, 0.3) is 0 Å². The van der Waals surface area contributed by atoms with E-state index in [9.17, 15) is 0 Å². The van der Waals surface area contributed by atoms with Gasteiger partial charge in [-0.05, 0) is 38.0 Å². The van der Waals surface area contributed by atoms with Crippen molar-refractivity contribution in [3.63, 3.8) is 0 Å². The number of pyridine rings is 1. The van der Waals surface area contributed by atoms with E-state index in [1.54, 1.807) is 21.3 Å². The Kier molecular flexibility index (Phi) is 7.12. The van der Waals surface area contributed by atoms with Crippen molar-refractivity contribution in [2.24, 2.45) is 0 Å². The molecule has 0 spiro atoms. The first kappa shape index (κ1) is 20.4. The quantitative estimate of drug-likeness (QED) is 0.656. The topological polar surface area (TPSA) is 53.1 Å². The Bertz CT molecular complexity index is 775. The summed E-state index contributed by atoms with van der Waals surface area (Å²) in [4.78, 5) is 7.04. The molecule has 1 aromatic carbocycles. The van der Waals surface area contributed by atoms with Crippen molar-refractivity contribution >= 4 is 0 Å². The van der Waals surface area contributed by atoms with Crippen LogP contribution in [0.1, 0.15) is 29.8 Å². The molecule has 1 atom stereocenters. The zero-order valence-electron chi connectivity index (χ0n) is 17.2. The molecule has 0 radical (unpaired) electrons. The molecule has 0 saturated carbocycles. The van der Waals surface area contributed by atoms with Gasteiger partial charge in [0, 0.05) is 37.5 Å². The Morgan fingerprint density at radius 1 is 1.04 bits per heavy atom. The van der Waals surface area contributed by atoms with Crippen LogP contribution in [0.3, 0.4) is 0 Å². The van der Waals surface area contributed by atoms with Gasteiger partial charge in [-0.2, -0.15) is 0 Å². The summed E-state index contributed by atoms with van der Waals surface area (Å²) in [5, 5.41) is 0. The van der Waals surface area contributed by atoms with Crippen LogP contribution in [0.2, 0.25) is 0 Å². The van der Waals surface area contributed by atoms with Crippen LogP contribution in [0.4, 0.5) is 0 Å². The van der Waals surface area contributed by atoms with Crippen LogP contribution in [-0.2, 0) is 17.8 Å². The normalized spacial score (nSPS) is 16.4. The van der Waals surface area contributed by atoms with E-state index in [0.29, 0.717) is 23.8 Å². The number of aryl methyl sites for hydroxylation is 1. The van der Waals surface area contributed by atoms with Gasteiger partial charge in [0.2, 0.25) is 5.75 Å². The van der Waals surface area contributed by atoms with E-state index < -0.39 is 0 Å². The molecule has 0 N–H and O–H groups in total. The third kappa shape index (κ3) is 4.94. The molecule has 1 saturated heterocycles. The van der Waals surface area contributed by atoms with Crippen LogP contribution in [0.25, 0.3) is 0 Å². The molecular formula is C22H30N2O4. The van der Waals surface area contributed by atoms with Gasteiger partial charge in [-0.25, -0.2) is 0 Å². The first-order valence-corrected chi connectivity index (χ1v) is 9.69. The van der Waals surface area contributed by atoms with E-state index in [4.69, 9.17) is 18.9 Å². The summed E-state index contributed by atoms with van der Waals surface area (Å²) >= 11 is 0. The Hall–Kier alpha value is -2.31. The minimum absolute atomic E-state index is 0.260. The summed E-state index contributed by atoms with van der Waals surface area (Å²) in [6, 6.07) is 10.1. The minimum Gasteiger partial charge on any atom is -0.493 e. The fourth-order valence-corrected chi connectivity index (χ4v) is 3.71. The molecule has 0 unspecified atom stereocenters. The van der Waals surface area contributed by atoms with Gasteiger partial charge in [0.1, 0.15) is 0 Å². The summed E-state index contributed by atoms with van der Waals surface area (Å²) in [5.74, 6) is 1.98. The standard InChI is InChI=1S/C22H30N2O4/c1-16-7-5-8-18(23-16)14-24(15-19-9-6-12-28-19)13-17-10-11-20(25-2)22(27-4)21(17)26-3/h5,7-8,10-11,19H,6,9,12-15H2,1-4H3/t19-/m0/s1. The van der Waals surface area contributed by atoms with Crippen LogP contribution in [0.5, 0.6) is 17.2 Å². The fourth-order valence-electron chi connectivity index (χ4n) is 3.71. The lowest BCUT2D eigenvalue weighted by molar-refractivity contribution is 0.0671. The van der Waals surface area contributed by atoms with E-state index in [-0.39, 0.29) is 6.10 Å². The SMILES string of the molecule is COc1ccc(CN(Cc2cccc(C)n2)C[C@@H]2CCCO2)c(OC)c1OC. The lowest BCUT2D eigenvalue weighted by Gasteiger charge is -2.26. The fraction of sp³-hybridized carbons (Fsp3) is 0.500. The molecule has 1 aromatic heterocycles. The van der Waals surface area contributed by atoms with Gasteiger partial charge in [-0.1, -0.05) is 12.1 Å². The van der Waals surface area contributed by atoms with E-state index in [1.165, 1.54) is 0 Å². The largest absolute Gasteiger partial charge is 0.493 e. The number of hydrogen-bond donors (Lipinski definition) is 0. The second kappa shape index (κ2) is 9.75. The predicted octanol–water partition coefficient (Wildman–Crippen LogP) is 3.60.